The summed E-state index contributed by atoms with van der Waals surface area (Å²) in [6.45, 7) is 6.29. The molecule has 0 radical (unpaired) electrons. The Morgan fingerprint density at radius 2 is 1.60 bits per heavy atom. The van der Waals surface area contributed by atoms with E-state index in [2.05, 4.69) is 0 Å². The molecular weight excluding hydrogens is 299 g/mol. The van der Waals surface area contributed by atoms with Crippen LogP contribution in [0, 0.1) is 0 Å². The summed E-state index contributed by atoms with van der Waals surface area (Å²) in [5, 5.41) is 0.695. The molecule has 0 aliphatic carbocycles. The van der Waals surface area contributed by atoms with Gasteiger partial charge in [-0.25, -0.2) is 0 Å². The fourth-order valence-corrected chi connectivity index (χ4v) is 2.51. The lowest BCUT2D eigenvalue weighted by molar-refractivity contribution is -0.130. The highest BCUT2D eigenvalue weighted by Gasteiger charge is 2.22. The lowest BCUT2D eigenvalue weighted by atomic mass is 10.2. The zero-order valence-corrected chi connectivity index (χ0v) is 13.3. The number of halogens is 2. The third kappa shape index (κ3) is 3.87. The van der Waals surface area contributed by atoms with Gasteiger partial charge in [0, 0.05) is 20.0 Å². The van der Waals surface area contributed by atoms with Crippen LogP contribution in [0.3, 0.4) is 0 Å². The smallest absolute Gasteiger partial charge is 0.242 e. The molecule has 6 heteroatoms. The number of hydrogen-bond donors (Lipinski definition) is 0. The summed E-state index contributed by atoms with van der Waals surface area (Å²) in [5.74, 6) is -0.415. The SMILES string of the molecule is CCN(CC)C(=O)CN(C(C)=O)c1c(Cl)cccc1Cl. The van der Waals surface area contributed by atoms with Crippen LogP contribution in [0.25, 0.3) is 0 Å². The second-order valence-corrected chi connectivity index (χ2v) is 5.06. The standard InChI is InChI=1S/C14H18Cl2N2O2/c1-4-17(5-2)13(20)9-18(10(3)19)14-11(15)7-6-8-12(14)16/h6-8H,4-5,9H2,1-3H3. The molecule has 0 unspecified atom stereocenters. The lowest BCUT2D eigenvalue weighted by Gasteiger charge is -2.26. The van der Waals surface area contributed by atoms with Crippen LogP contribution >= 0.6 is 23.2 Å². The van der Waals surface area contributed by atoms with Gasteiger partial charge >= 0.3 is 0 Å². The summed E-state index contributed by atoms with van der Waals surface area (Å²) in [5.41, 5.74) is 0.379. The van der Waals surface area contributed by atoms with E-state index in [1.54, 1.807) is 23.1 Å². The molecule has 0 N–H and O–H groups in total. The molecule has 0 fully saturated rings. The first-order valence-electron chi connectivity index (χ1n) is 6.42. The summed E-state index contributed by atoms with van der Waals surface area (Å²) in [6.07, 6.45) is 0. The van der Waals surface area contributed by atoms with Crippen molar-refractivity contribution >= 4 is 40.7 Å². The van der Waals surface area contributed by atoms with E-state index in [4.69, 9.17) is 23.2 Å². The van der Waals surface area contributed by atoms with Crippen LogP contribution in [0.2, 0.25) is 10.0 Å². The van der Waals surface area contributed by atoms with Gasteiger partial charge in [0.2, 0.25) is 11.8 Å². The van der Waals surface area contributed by atoms with E-state index < -0.39 is 0 Å². The lowest BCUT2D eigenvalue weighted by Crippen LogP contribution is -2.42. The highest BCUT2D eigenvalue weighted by atomic mass is 35.5. The molecular formula is C14H18Cl2N2O2. The summed E-state index contributed by atoms with van der Waals surface area (Å²) < 4.78 is 0. The number of carbonyl (C=O) groups excluding carboxylic acids is 2. The van der Waals surface area contributed by atoms with E-state index in [1.165, 1.54) is 11.8 Å². The zero-order valence-electron chi connectivity index (χ0n) is 11.8. The van der Waals surface area contributed by atoms with Gasteiger partial charge in [-0.2, -0.15) is 0 Å². The molecule has 0 atom stereocenters. The number of nitrogens with zero attached hydrogens (tertiary/aromatic N) is 2. The van der Waals surface area contributed by atoms with Crippen molar-refractivity contribution in [2.75, 3.05) is 24.5 Å². The Hall–Kier alpha value is -1.26. The average molecular weight is 317 g/mol. The van der Waals surface area contributed by atoms with Gasteiger partial charge in [0.25, 0.3) is 0 Å². The van der Waals surface area contributed by atoms with Crippen LogP contribution in [0.5, 0.6) is 0 Å². The first-order chi connectivity index (χ1) is 9.42. The predicted molar refractivity (Wildman–Crippen MR) is 82.4 cm³/mol. The highest BCUT2D eigenvalue weighted by Crippen LogP contribution is 2.33. The third-order valence-electron chi connectivity index (χ3n) is 3.00. The first kappa shape index (κ1) is 16.8. The molecule has 0 saturated carbocycles. The molecule has 1 aromatic carbocycles. The third-order valence-corrected chi connectivity index (χ3v) is 3.61. The van der Waals surface area contributed by atoms with Crippen molar-refractivity contribution < 1.29 is 9.59 Å². The second kappa shape index (κ2) is 7.50. The van der Waals surface area contributed by atoms with Gasteiger partial charge in [0.05, 0.1) is 15.7 Å². The van der Waals surface area contributed by atoms with Crippen molar-refractivity contribution in [3.63, 3.8) is 0 Å². The zero-order chi connectivity index (χ0) is 15.3. The number of para-hydroxylation sites is 1. The van der Waals surface area contributed by atoms with Gasteiger partial charge < -0.3 is 9.80 Å². The van der Waals surface area contributed by atoms with E-state index in [9.17, 15) is 9.59 Å². The number of anilines is 1. The van der Waals surface area contributed by atoms with Crippen LogP contribution in [-0.4, -0.2) is 36.3 Å². The summed E-state index contributed by atoms with van der Waals surface area (Å²) in [6, 6.07) is 4.97. The Balaban J connectivity index is 3.08. The van der Waals surface area contributed by atoms with Crippen molar-refractivity contribution in [3.05, 3.63) is 28.2 Å². The van der Waals surface area contributed by atoms with Crippen LogP contribution in [-0.2, 0) is 9.59 Å². The minimum absolute atomic E-state index is 0.0690. The molecule has 110 valence electrons. The number of hydrogen-bond acceptors (Lipinski definition) is 2. The summed E-state index contributed by atoms with van der Waals surface area (Å²) in [7, 11) is 0. The van der Waals surface area contributed by atoms with E-state index in [0.29, 0.717) is 28.8 Å². The molecule has 0 spiro atoms. The molecule has 0 aliphatic rings. The number of carbonyl (C=O) groups is 2. The fraction of sp³-hybridized carbons (Fsp3) is 0.429. The van der Waals surface area contributed by atoms with Gasteiger partial charge in [0.1, 0.15) is 6.54 Å². The number of benzene rings is 1. The molecule has 0 aliphatic heterocycles. The highest BCUT2D eigenvalue weighted by molar-refractivity contribution is 6.40. The Kier molecular flexibility index (Phi) is 6.30. The van der Waals surface area contributed by atoms with Crippen LogP contribution in [0.4, 0.5) is 5.69 Å². The van der Waals surface area contributed by atoms with Crippen molar-refractivity contribution in [2.45, 2.75) is 20.8 Å². The van der Waals surface area contributed by atoms with E-state index in [-0.39, 0.29) is 18.4 Å². The molecule has 0 saturated heterocycles. The van der Waals surface area contributed by atoms with Gasteiger partial charge in [-0.15, -0.1) is 0 Å². The number of amides is 2. The van der Waals surface area contributed by atoms with Crippen molar-refractivity contribution in [1.82, 2.24) is 4.90 Å². The van der Waals surface area contributed by atoms with Gasteiger partial charge in [0.15, 0.2) is 0 Å². The van der Waals surface area contributed by atoms with Crippen molar-refractivity contribution in [3.8, 4) is 0 Å². The normalized spacial score (nSPS) is 10.2. The molecule has 4 nitrogen and oxygen atoms in total. The number of likely N-dealkylation sites (N-methyl/N-ethyl adjacent to an activating group) is 1. The monoisotopic (exact) mass is 316 g/mol. The van der Waals surface area contributed by atoms with Gasteiger partial charge in [-0.1, -0.05) is 29.3 Å². The molecule has 2 amide bonds. The second-order valence-electron chi connectivity index (χ2n) is 4.24. The molecule has 1 rings (SSSR count). The number of rotatable bonds is 5. The van der Waals surface area contributed by atoms with E-state index in [1.807, 2.05) is 13.8 Å². The Morgan fingerprint density at radius 3 is 2.00 bits per heavy atom. The molecule has 0 aromatic heterocycles. The van der Waals surface area contributed by atoms with E-state index >= 15 is 0 Å². The maximum Gasteiger partial charge on any atom is 0.242 e. The molecule has 1 aromatic rings. The van der Waals surface area contributed by atoms with Crippen molar-refractivity contribution in [1.29, 1.82) is 0 Å². The maximum absolute atomic E-state index is 12.2. The van der Waals surface area contributed by atoms with E-state index in [0.717, 1.165) is 0 Å². The molecule has 0 heterocycles. The van der Waals surface area contributed by atoms with Gasteiger partial charge in [-0.05, 0) is 26.0 Å². The van der Waals surface area contributed by atoms with Crippen molar-refractivity contribution in [2.24, 2.45) is 0 Å². The summed E-state index contributed by atoms with van der Waals surface area (Å²) >= 11 is 12.2. The summed E-state index contributed by atoms with van der Waals surface area (Å²) in [4.78, 5) is 26.9. The van der Waals surface area contributed by atoms with Gasteiger partial charge in [-0.3, -0.25) is 9.59 Å². The first-order valence-corrected chi connectivity index (χ1v) is 7.17. The Labute approximate surface area is 129 Å². The minimum atomic E-state index is -0.277. The van der Waals surface area contributed by atoms with Crippen LogP contribution < -0.4 is 4.90 Å². The molecule has 0 bridgehead atoms. The minimum Gasteiger partial charge on any atom is -0.342 e. The average Bonchev–Trinajstić information content (AvgIpc) is 2.38. The van der Waals surface area contributed by atoms with Crippen LogP contribution in [0.15, 0.2) is 18.2 Å². The maximum atomic E-state index is 12.2. The fourth-order valence-electron chi connectivity index (χ4n) is 1.91. The molecule has 20 heavy (non-hydrogen) atoms. The quantitative estimate of drug-likeness (QED) is 0.837. The predicted octanol–water partition coefficient (Wildman–Crippen LogP) is 3.21. The largest absolute Gasteiger partial charge is 0.342 e. The topological polar surface area (TPSA) is 40.6 Å². The Bertz CT molecular complexity index is 482. The Morgan fingerprint density at radius 1 is 1.10 bits per heavy atom. The van der Waals surface area contributed by atoms with Crippen LogP contribution in [0.1, 0.15) is 20.8 Å².